The highest BCUT2D eigenvalue weighted by Crippen LogP contribution is 2.23. The molecule has 0 atom stereocenters. The van der Waals surface area contributed by atoms with Gasteiger partial charge in [-0.3, -0.25) is 9.58 Å². The smallest absolute Gasteiger partial charge is 0.0863 e. The van der Waals surface area contributed by atoms with Crippen molar-refractivity contribution in [1.29, 1.82) is 5.26 Å². The summed E-state index contributed by atoms with van der Waals surface area (Å²) in [6, 6.07) is 2.18. The van der Waals surface area contributed by atoms with Gasteiger partial charge in [0, 0.05) is 26.1 Å². The van der Waals surface area contributed by atoms with Crippen LogP contribution in [0.15, 0.2) is 0 Å². The van der Waals surface area contributed by atoms with Crippen LogP contribution in [-0.2, 0) is 19.5 Å². The van der Waals surface area contributed by atoms with Crippen LogP contribution in [0.1, 0.15) is 38.6 Å². The molecule has 0 fully saturated rings. The highest BCUT2D eigenvalue weighted by atomic mass is 35.5. The van der Waals surface area contributed by atoms with Crippen molar-refractivity contribution in [3.8, 4) is 6.07 Å². The fourth-order valence-electron chi connectivity index (χ4n) is 1.94. The van der Waals surface area contributed by atoms with Gasteiger partial charge in [-0.2, -0.15) is 10.4 Å². The van der Waals surface area contributed by atoms with E-state index in [1.165, 1.54) is 0 Å². The van der Waals surface area contributed by atoms with Gasteiger partial charge in [-0.25, -0.2) is 0 Å². The Morgan fingerprint density at radius 2 is 2.11 bits per heavy atom. The molecule has 5 heteroatoms. The van der Waals surface area contributed by atoms with E-state index < -0.39 is 0 Å². The molecule has 0 N–H and O–H groups in total. The third kappa shape index (κ3) is 3.47. The lowest BCUT2D eigenvalue weighted by Crippen LogP contribution is -2.25. The number of aryl methyl sites for hydroxylation is 2. The summed E-state index contributed by atoms with van der Waals surface area (Å²) in [5, 5.41) is 13.9. The minimum Gasteiger partial charge on any atom is -0.297 e. The van der Waals surface area contributed by atoms with E-state index in [-0.39, 0.29) is 0 Å². The third-order valence-corrected chi connectivity index (χ3v) is 3.49. The first-order chi connectivity index (χ1) is 8.67. The molecule has 18 heavy (non-hydrogen) atoms. The van der Waals surface area contributed by atoms with Gasteiger partial charge in [-0.1, -0.05) is 25.4 Å². The van der Waals surface area contributed by atoms with Crippen LogP contribution in [0.4, 0.5) is 0 Å². The average Bonchev–Trinajstić information content (AvgIpc) is 2.70. The molecule has 100 valence electrons. The highest BCUT2D eigenvalue weighted by Gasteiger charge is 2.16. The van der Waals surface area contributed by atoms with E-state index >= 15 is 0 Å². The Hall–Kier alpha value is -1.05. The number of nitriles is 1. The van der Waals surface area contributed by atoms with Crippen molar-refractivity contribution in [2.24, 2.45) is 0 Å². The molecule has 0 spiro atoms. The van der Waals surface area contributed by atoms with Crippen molar-refractivity contribution in [1.82, 2.24) is 14.7 Å². The Kier molecular flexibility index (Phi) is 6.17. The van der Waals surface area contributed by atoms with Crippen LogP contribution in [0.3, 0.4) is 0 Å². The molecule has 0 bridgehead atoms. The molecule has 0 aliphatic carbocycles. The van der Waals surface area contributed by atoms with Crippen LogP contribution in [0.25, 0.3) is 0 Å². The molecule has 1 rings (SSSR count). The monoisotopic (exact) mass is 268 g/mol. The fraction of sp³-hybridized carbons (Fsp3) is 0.692. The number of rotatable bonds is 7. The van der Waals surface area contributed by atoms with Crippen molar-refractivity contribution in [2.45, 2.75) is 46.7 Å². The maximum atomic E-state index is 8.65. The lowest BCUT2D eigenvalue weighted by Gasteiger charge is -2.19. The topological polar surface area (TPSA) is 44.9 Å². The van der Waals surface area contributed by atoms with Gasteiger partial charge in [0.05, 0.1) is 22.5 Å². The highest BCUT2D eigenvalue weighted by molar-refractivity contribution is 6.31. The Morgan fingerprint density at radius 1 is 1.39 bits per heavy atom. The van der Waals surface area contributed by atoms with Crippen molar-refractivity contribution >= 4 is 11.6 Å². The molecular weight excluding hydrogens is 248 g/mol. The number of nitrogens with zero attached hydrogens (tertiary/aromatic N) is 4. The van der Waals surface area contributed by atoms with Crippen LogP contribution < -0.4 is 0 Å². The molecule has 0 saturated carbocycles. The van der Waals surface area contributed by atoms with Gasteiger partial charge in [0.1, 0.15) is 0 Å². The van der Waals surface area contributed by atoms with Gasteiger partial charge in [-0.05, 0) is 19.9 Å². The van der Waals surface area contributed by atoms with Crippen LogP contribution in [0, 0.1) is 11.3 Å². The zero-order chi connectivity index (χ0) is 13.5. The second kappa shape index (κ2) is 7.40. The molecule has 0 radical (unpaired) electrons. The summed E-state index contributed by atoms with van der Waals surface area (Å²) in [6.45, 7) is 9.50. The number of halogens is 1. The number of aromatic nitrogens is 2. The standard InChI is InChI=1S/C13H21ClN4/c1-4-11-13(14)12(18(6-3)16-11)10-17(5-2)9-7-8-15/h4-7,9-10H2,1-3H3. The summed E-state index contributed by atoms with van der Waals surface area (Å²) in [4.78, 5) is 2.22. The van der Waals surface area contributed by atoms with E-state index in [9.17, 15) is 0 Å². The van der Waals surface area contributed by atoms with Crippen molar-refractivity contribution < 1.29 is 0 Å². The van der Waals surface area contributed by atoms with E-state index in [1.54, 1.807) is 0 Å². The molecule has 0 aliphatic heterocycles. The third-order valence-electron chi connectivity index (χ3n) is 3.05. The predicted octanol–water partition coefficient (Wildman–Crippen LogP) is 2.85. The van der Waals surface area contributed by atoms with Gasteiger partial charge >= 0.3 is 0 Å². The molecule has 1 aromatic rings. The lowest BCUT2D eigenvalue weighted by atomic mass is 10.2. The summed E-state index contributed by atoms with van der Waals surface area (Å²) in [6.07, 6.45) is 1.40. The molecule has 0 amide bonds. The number of hydrogen-bond donors (Lipinski definition) is 0. The SMILES string of the molecule is CCc1nn(CC)c(CN(CC)CCC#N)c1Cl. The van der Waals surface area contributed by atoms with Gasteiger partial charge in [0.15, 0.2) is 0 Å². The molecule has 0 aromatic carbocycles. The molecule has 1 heterocycles. The normalized spacial score (nSPS) is 10.9. The largest absolute Gasteiger partial charge is 0.297 e. The van der Waals surface area contributed by atoms with Crippen molar-refractivity contribution in [3.63, 3.8) is 0 Å². The first-order valence-electron chi connectivity index (χ1n) is 6.51. The predicted molar refractivity (Wildman–Crippen MR) is 73.5 cm³/mol. The average molecular weight is 269 g/mol. The minimum atomic E-state index is 0.548. The van der Waals surface area contributed by atoms with Crippen LogP contribution >= 0.6 is 11.6 Å². The van der Waals surface area contributed by atoms with Gasteiger partial charge in [0.25, 0.3) is 0 Å². The second-order valence-electron chi connectivity index (χ2n) is 4.15. The van der Waals surface area contributed by atoms with Crippen LogP contribution in [-0.4, -0.2) is 27.8 Å². The van der Waals surface area contributed by atoms with Gasteiger partial charge in [-0.15, -0.1) is 0 Å². The summed E-state index contributed by atoms with van der Waals surface area (Å²) >= 11 is 6.37. The first kappa shape index (κ1) is 15.0. The second-order valence-corrected chi connectivity index (χ2v) is 4.53. The first-order valence-corrected chi connectivity index (χ1v) is 6.88. The molecule has 0 aliphatic rings. The maximum Gasteiger partial charge on any atom is 0.0863 e. The molecule has 1 aromatic heterocycles. The van der Waals surface area contributed by atoms with Crippen molar-refractivity contribution in [2.75, 3.05) is 13.1 Å². The molecule has 4 nitrogen and oxygen atoms in total. The summed E-state index contributed by atoms with van der Waals surface area (Å²) in [7, 11) is 0. The summed E-state index contributed by atoms with van der Waals surface area (Å²) in [5.74, 6) is 0. The fourth-order valence-corrected chi connectivity index (χ4v) is 2.27. The summed E-state index contributed by atoms with van der Waals surface area (Å²) < 4.78 is 1.97. The Bertz CT molecular complexity index is 419. The lowest BCUT2D eigenvalue weighted by molar-refractivity contribution is 0.277. The van der Waals surface area contributed by atoms with E-state index in [0.717, 1.165) is 49.0 Å². The van der Waals surface area contributed by atoms with Gasteiger partial charge < -0.3 is 0 Å². The molecule has 0 saturated heterocycles. The zero-order valence-corrected chi connectivity index (χ0v) is 12.2. The summed E-state index contributed by atoms with van der Waals surface area (Å²) in [5.41, 5.74) is 2.03. The minimum absolute atomic E-state index is 0.548. The Balaban J connectivity index is 2.87. The number of hydrogen-bond acceptors (Lipinski definition) is 3. The van der Waals surface area contributed by atoms with Crippen LogP contribution in [0.5, 0.6) is 0 Å². The Labute approximate surface area is 114 Å². The van der Waals surface area contributed by atoms with E-state index in [2.05, 4.69) is 36.8 Å². The molecule has 0 unspecified atom stereocenters. The van der Waals surface area contributed by atoms with Gasteiger partial charge in [0.2, 0.25) is 0 Å². The Morgan fingerprint density at radius 3 is 2.61 bits per heavy atom. The van der Waals surface area contributed by atoms with E-state index in [4.69, 9.17) is 16.9 Å². The zero-order valence-electron chi connectivity index (χ0n) is 11.4. The molecular formula is C13H21ClN4. The van der Waals surface area contributed by atoms with Crippen LogP contribution in [0.2, 0.25) is 5.02 Å². The van der Waals surface area contributed by atoms with E-state index in [0.29, 0.717) is 6.42 Å². The quantitative estimate of drug-likeness (QED) is 0.764. The maximum absolute atomic E-state index is 8.65. The van der Waals surface area contributed by atoms with Crippen molar-refractivity contribution in [3.05, 3.63) is 16.4 Å². The van der Waals surface area contributed by atoms with E-state index in [1.807, 2.05) is 4.68 Å².